The van der Waals surface area contributed by atoms with E-state index in [2.05, 4.69) is 5.32 Å². The number of nitrogens with two attached hydrogens (primary N) is 1. The third-order valence-electron chi connectivity index (χ3n) is 11.4. The zero-order valence-electron chi connectivity index (χ0n) is 36.2. The number of alkyl carbamates (subject to hydrolysis) is 1. The minimum absolute atomic E-state index is 0.0646. The first-order chi connectivity index (χ1) is 28.0. The van der Waals surface area contributed by atoms with Crippen LogP contribution in [-0.4, -0.2) is 120 Å². The number of esters is 1. The van der Waals surface area contributed by atoms with E-state index in [1.54, 1.807) is 73.7 Å². The van der Waals surface area contributed by atoms with Crippen molar-refractivity contribution in [1.29, 1.82) is 0 Å². The van der Waals surface area contributed by atoms with E-state index in [0.717, 1.165) is 16.9 Å². The molecule has 4 N–H and O–H groups in total. The second-order valence-corrected chi connectivity index (χ2v) is 20.1. The number of amides is 4. The molecule has 3 aliphatic rings. The monoisotopic (exact) mass is 896 g/mol. The maximum Gasteiger partial charge on any atom is 0.409 e. The molecule has 4 bridgehead atoms. The van der Waals surface area contributed by atoms with Crippen molar-refractivity contribution in [3.8, 4) is 5.75 Å². The largest absolute Gasteiger partial charge is 0.495 e. The summed E-state index contributed by atoms with van der Waals surface area (Å²) in [6, 6.07) is 2.56. The standard InChI is InChI=1S/C42H61ClN4O11S2/c1-24-13-11-14-31(55-10)42(53)23-30(56-39(52)45-42)25(2)37-41(6,58-37)32(22-35(50)47(8)28-20-27(19-24)21-29(54-9)36(28)43)57-38(51)26(3)46(7)34(49)16-17-40(4,5)60-59-18-12-15-33(44)48/h11,13-14,20-21,25-26,30-32,37,53H,12,15-19,22-23H2,1-10H3,(H2,44,48)(H,45,52)/b14-11+,24-13+/t25-,26+,30?,31-,32+,37+,41+,42+/m1/s1. The molecule has 60 heavy (non-hydrogen) atoms. The van der Waals surface area contributed by atoms with E-state index in [9.17, 15) is 29.1 Å². The number of primary amides is 1. The summed E-state index contributed by atoms with van der Waals surface area (Å²) in [6.07, 6.45) is 2.48. The Kier molecular flexibility index (Phi) is 16.9. The number of likely N-dealkylation sites (N-methyl/N-ethyl adjacent to an activating group) is 1. The molecule has 18 heteroatoms. The van der Waals surface area contributed by atoms with Crippen LogP contribution in [0.5, 0.6) is 5.75 Å². The van der Waals surface area contributed by atoms with Gasteiger partial charge in [-0.05, 0) is 71.6 Å². The Hall–Kier alpha value is -3.48. The van der Waals surface area contributed by atoms with Gasteiger partial charge in [-0.1, -0.05) is 63.9 Å². The van der Waals surface area contributed by atoms with Crippen LogP contribution in [0, 0.1) is 5.92 Å². The third-order valence-corrected chi connectivity index (χ3v) is 15.2. The van der Waals surface area contributed by atoms with Gasteiger partial charge in [0.1, 0.15) is 40.7 Å². The van der Waals surface area contributed by atoms with Crippen LogP contribution in [0.4, 0.5) is 10.5 Å². The van der Waals surface area contributed by atoms with Gasteiger partial charge in [0.15, 0.2) is 5.72 Å². The average molecular weight is 898 g/mol. The summed E-state index contributed by atoms with van der Waals surface area (Å²) in [5.74, 6) is -1.23. The number of nitrogens with zero attached hydrogens (tertiary/aromatic N) is 2. The van der Waals surface area contributed by atoms with Crippen molar-refractivity contribution < 1.29 is 52.8 Å². The smallest absolute Gasteiger partial charge is 0.409 e. The van der Waals surface area contributed by atoms with Crippen molar-refractivity contribution in [2.75, 3.05) is 39.0 Å². The van der Waals surface area contributed by atoms with Crippen LogP contribution in [0.1, 0.15) is 85.6 Å². The summed E-state index contributed by atoms with van der Waals surface area (Å²) in [5, 5.41) is 14.5. The Bertz CT molecular complexity index is 1830. The topological polar surface area (TPSA) is 200 Å². The number of anilines is 1. The fraction of sp³-hybridized carbons (Fsp3) is 0.643. The minimum Gasteiger partial charge on any atom is -0.495 e. The molecular weight excluding hydrogens is 836 g/mol. The lowest BCUT2D eigenvalue weighted by Crippen LogP contribution is -2.63. The fourth-order valence-corrected chi connectivity index (χ4v) is 10.3. The second-order valence-electron chi connectivity index (χ2n) is 16.6. The molecule has 2 saturated heterocycles. The first-order valence-electron chi connectivity index (χ1n) is 20.0. The Morgan fingerprint density at radius 2 is 1.92 bits per heavy atom. The Morgan fingerprint density at radius 3 is 2.57 bits per heavy atom. The first-order valence-corrected chi connectivity index (χ1v) is 22.7. The molecular formula is C42H61ClN4O11S2. The number of epoxide rings is 1. The number of ether oxygens (including phenoxy) is 5. The van der Waals surface area contributed by atoms with E-state index in [0.29, 0.717) is 37.1 Å². The number of aliphatic hydroxyl groups is 1. The van der Waals surface area contributed by atoms with Gasteiger partial charge in [0.2, 0.25) is 17.7 Å². The predicted octanol–water partition coefficient (Wildman–Crippen LogP) is 5.72. The number of benzene rings is 1. The molecule has 3 aliphatic heterocycles. The van der Waals surface area contributed by atoms with Gasteiger partial charge in [-0.2, -0.15) is 0 Å². The predicted molar refractivity (Wildman–Crippen MR) is 233 cm³/mol. The number of hydrogen-bond acceptors (Lipinski definition) is 13. The highest BCUT2D eigenvalue weighted by molar-refractivity contribution is 8.77. The maximum absolute atomic E-state index is 14.3. The lowest BCUT2D eigenvalue weighted by atomic mass is 9.83. The molecule has 0 spiro atoms. The summed E-state index contributed by atoms with van der Waals surface area (Å²) >= 11 is 6.79. The lowest BCUT2D eigenvalue weighted by Gasteiger charge is -2.42. The molecule has 1 unspecified atom stereocenters. The number of carbonyl (C=O) groups is 5. The number of allylic oxidation sites excluding steroid dienone is 3. The normalized spacial score (nSPS) is 29.2. The van der Waals surface area contributed by atoms with Gasteiger partial charge in [0, 0.05) is 56.9 Å². The quantitative estimate of drug-likeness (QED) is 0.0888. The minimum atomic E-state index is -1.84. The number of nitrogens with one attached hydrogen (secondary N) is 1. The molecule has 0 aliphatic carbocycles. The zero-order chi connectivity index (χ0) is 44.7. The number of fused-ring (bicyclic) bond motifs is 5. The van der Waals surface area contributed by atoms with Crippen molar-refractivity contribution in [1.82, 2.24) is 10.2 Å². The van der Waals surface area contributed by atoms with E-state index in [1.165, 1.54) is 31.1 Å². The Balaban J connectivity index is 1.62. The molecule has 1 aromatic carbocycles. The molecule has 2 fully saturated rings. The lowest BCUT2D eigenvalue weighted by molar-refractivity contribution is -0.162. The van der Waals surface area contributed by atoms with E-state index in [4.69, 9.17) is 41.0 Å². The van der Waals surface area contributed by atoms with Gasteiger partial charge < -0.3 is 44.3 Å². The van der Waals surface area contributed by atoms with E-state index >= 15 is 0 Å². The molecule has 15 nitrogen and oxygen atoms in total. The molecule has 0 aromatic heterocycles. The van der Waals surface area contributed by atoms with Crippen molar-refractivity contribution in [2.24, 2.45) is 11.7 Å². The zero-order valence-corrected chi connectivity index (χ0v) is 38.6. The van der Waals surface area contributed by atoms with Gasteiger partial charge in [-0.3, -0.25) is 19.7 Å². The van der Waals surface area contributed by atoms with Crippen LogP contribution in [-0.2, 0) is 44.5 Å². The Labute approximate surface area is 366 Å². The third kappa shape index (κ3) is 12.3. The SMILES string of the molecule is COc1cc2cc(c1Cl)N(C)C(=O)C[C@H](OC(=O)[C@H](C)N(C)C(=O)CCC(C)(C)SSCCCC(N)=O)[C@]1(C)O[C@H]1[C@H](C)C1C[C@@](O)(NC(=O)O1)[C@H](OC)/C=C/C=C(\C)C2. The van der Waals surface area contributed by atoms with Crippen molar-refractivity contribution in [2.45, 2.75) is 133 Å². The van der Waals surface area contributed by atoms with Gasteiger partial charge in [-0.15, -0.1) is 0 Å². The molecule has 8 atom stereocenters. The van der Waals surface area contributed by atoms with E-state index < -0.39 is 65.7 Å². The van der Waals surface area contributed by atoms with Gasteiger partial charge >= 0.3 is 12.1 Å². The molecule has 4 amide bonds. The van der Waals surface area contributed by atoms with Crippen LogP contribution >= 0.6 is 33.2 Å². The van der Waals surface area contributed by atoms with Crippen LogP contribution in [0.25, 0.3) is 0 Å². The highest BCUT2D eigenvalue weighted by Crippen LogP contribution is 2.49. The van der Waals surface area contributed by atoms with Crippen LogP contribution in [0.2, 0.25) is 5.02 Å². The van der Waals surface area contributed by atoms with Crippen molar-refractivity contribution >= 4 is 68.7 Å². The summed E-state index contributed by atoms with van der Waals surface area (Å²) in [7, 11) is 9.27. The van der Waals surface area contributed by atoms with Crippen molar-refractivity contribution in [3.05, 3.63) is 46.5 Å². The van der Waals surface area contributed by atoms with E-state index in [1.807, 2.05) is 26.8 Å². The van der Waals surface area contributed by atoms with Gasteiger partial charge in [0.25, 0.3) is 0 Å². The summed E-state index contributed by atoms with van der Waals surface area (Å²) < 4.78 is 29.1. The number of rotatable bonds is 14. The maximum atomic E-state index is 14.3. The Morgan fingerprint density at radius 1 is 1.22 bits per heavy atom. The number of hydrogen-bond donors (Lipinski definition) is 3. The molecule has 0 saturated carbocycles. The molecule has 4 rings (SSSR count). The summed E-state index contributed by atoms with van der Waals surface area (Å²) in [6.45, 7) is 11.1. The summed E-state index contributed by atoms with van der Waals surface area (Å²) in [4.78, 5) is 68.4. The van der Waals surface area contributed by atoms with Crippen molar-refractivity contribution in [3.63, 3.8) is 0 Å². The average Bonchev–Trinajstić information content (AvgIpc) is 3.88. The highest BCUT2D eigenvalue weighted by Gasteiger charge is 2.64. The van der Waals surface area contributed by atoms with Gasteiger partial charge in [-0.25, -0.2) is 9.59 Å². The molecule has 3 heterocycles. The first kappa shape index (κ1) is 49.2. The van der Waals surface area contributed by atoms with Crippen LogP contribution in [0.15, 0.2) is 35.9 Å². The van der Waals surface area contributed by atoms with Crippen LogP contribution < -0.4 is 20.7 Å². The fourth-order valence-electron chi connectivity index (χ4n) is 7.35. The van der Waals surface area contributed by atoms with Gasteiger partial charge in [0.05, 0.1) is 25.3 Å². The highest BCUT2D eigenvalue weighted by atomic mass is 35.5. The molecule has 0 radical (unpaired) electrons. The summed E-state index contributed by atoms with van der Waals surface area (Å²) in [5.41, 5.74) is 4.25. The second kappa shape index (κ2) is 20.6. The number of halogens is 1. The molecule has 1 aromatic rings. The molecule has 334 valence electrons. The van der Waals surface area contributed by atoms with Crippen LogP contribution in [0.3, 0.4) is 0 Å². The number of carbonyl (C=O) groups excluding carboxylic acids is 5. The van der Waals surface area contributed by atoms with E-state index in [-0.39, 0.29) is 40.8 Å². The number of methoxy groups -OCH3 is 2.